The standard InChI is InChI=1S/C17H26ClN3/c1-13(14-4-3-5-15(18)10-14)20(2)17(11-19)8-9-21(12-17)16-6-7-16/h3-5,10,13,16H,6-9,11-12,19H2,1-2H3. The molecular formula is C17H26ClN3. The van der Waals surface area contributed by atoms with E-state index in [0.717, 1.165) is 24.2 Å². The zero-order valence-electron chi connectivity index (χ0n) is 13.1. The third-order valence-electron chi connectivity index (χ3n) is 5.47. The highest BCUT2D eigenvalue weighted by atomic mass is 35.5. The second-order valence-corrected chi connectivity index (χ2v) is 7.16. The van der Waals surface area contributed by atoms with Crippen molar-refractivity contribution in [3.05, 3.63) is 34.9 Å². The summed E-state index contributed by atoms with van der Waals surface area (Å²) in [4.78, 5) is 5.11. The lowest BCUT2D eigenvalue weighted by Gasteiger charge is -2.42. The Bertz CT molecular complexity index is 503. The molecule has 1 saturated heterocycles. The molecule has 1 aromatic rings. The summed E-state index contributed by atoms with van der Waals surface area (Å²) < 4.78 is 0. The van der Waals surface area contributed by atoms with E-state index in [-0.39, 0.29) is 5.54 Å². The number of halogens is 1. The van der Waals surface area contributed by atoms with Gasteiger partial charge >= 0.3 is 0 Å². The smallest absolute Gasteiger partial charge is 0.0473 e. The molecule has 21 heavy (non-hydrogen) atoms. The van der Waals surface area contributed by atoms with E-state index in [2.05, 4.69) is 35.9 Å². The van der Waals surface area contributed by atoms with Gasteiger partial charge in [-0.15, -0.1) is 0 Å². The number of hydrogen-bond acceptors (Lipinski definition) is 3. The van der Waals surface area contributed by atoms with Crippen LogP contribution in [0.4, 0.5) is 0 Å². The van der Waals surface area contributed by atoms with Crippen LogP contribution in [0.2, 0.25) is 5.02 Å². The molecule has 2 N–H and O–H groups in total. The highest BCUT2D eigenvalue weighted by Crippen LogP contribution is 2.38. The van der Waals surface area contributed by atoms with E-state index in [1.54, 1.807) is 0 Å². The van der Waals surface area contributed by atoms with Crippen molar-refractivity contribution >= 4 is 11.6 Å². The normalized spacial score (nSPS) is 28.2. The van der Waals surface area contributed by atoms with Crippen molar-refractivity contribution in [2.45, 2.75) is 43.8 Å². The first-order valence-electron chi connectivity index (χ1n) is 7.98. The Labute approximate surface area is 133 Å². The van der Waals surface area contributed by atoms with Crippen LogP contribution < -0.4 is 5.73 Å². The minimum absolute atomic E-state index is 0.102. The minimum Gasteiger partial charge on any atom is -0.329 e. The van der Waals surface area contributed by atoms with Gasteiger partial charge in [-0.1, -0.05) is 23.7 Å². The summed E-state index contributed by atoms with van der Waals surface area (Å²) in [6, 6.07) is 9.34. The molecule has 3 nitrogen and oxygen atoms in total. The van der Waals surface area contributed by atoms with Crippen molar-refractivity contribution in [3.63, 3.8) is 0 Å². The van der Waals surface area contributed by atoms with Crippen molar-refractivity contribution in [2.75, 3.05) is 26.7 Å². The molecule has 0 amide bonds. The van der Waals surface area contributed by atoms with Crippen molar-refractivity contribution in [1.82, 2.24) is 9.80 Å². The third-order valence-corrected chi connectivity index (χ3v) is 5.70. The van der Waals surface area contributed by atoms with Crippen LogP contribution in [0.15, 0.2) is 24.3 Å². The first-order valence-corrected chi connectivity index (χ1v) is 8.36. The molecule has 1 heterocycles. The lowest BCUT2D eigenvalue weighted by atomic mass is 9.93. The zero-order valence-corrected chi connectivity index (χ0v) is 13.8. The van der Waals surface area contributed by atoms with Gasteiger partial charge in [0.15, 0.2) is 0 Å². The van der Waals surface area contributed by atoms with Crippen LogP contribution in [-0.2, 0) is 0 Å². The molecule has 116 valence electrons. The molecule has 0 bridgehead atoms. The van der Waals surface area contributed by atoms with Gasteiger partial charge in [-0.3, -0.25) is 9.80 Å². The lowest BCUT2D eigenvalue weighted by Crippen LogP contribution is -2.54. The second-order valence-electron chi connectivity index (χ2n) is 6.72. The Hall–Kier alpha value is -0.610. The Morgan fingerprint density at radius 2 is 2.24 bits per heavy atom. The zero-order chi connectivity index (χ0) is 15.0. The average molecular weight is 308 g/mol. The van der Waals surface area contributed by atoms with E-state index in [1.165, 1.54) is 31.4 Å². The molecular weight excluding hydrogens is 282 g/mol. The van der Waals surface area contributed by atoms with Gasteiger partial charge in [0.05, 0.1) is 0 Å². The number of likely N-dealkylation sites (N-methyl/N-ethyl adjacent to an activating group) is 1. The number of likely N-dealkylation sites (tertiary alicyclic amines) is 1. The lowest BCUT2D eigenvalue weighted by molar-refractivity contribution is 0.0883. The van der Waals surface area contributed by atoms with E-state index < -0.39 is 0 Å². The summed E-state index contributed by atoms with van der Waals surface area (Å²) in [7, 11) is 2.22. The maximum absolute atomic E-state index is 6.20. The fourth-order valence-electron chi connectivity index (χ4n) is 3.64. The molecule has 4 heteroatoms. The SMILES string of the molecule is CC(c1cccc(Cl)c1)N(C)C1(CN)CCN(C2CC2)C1. The molecule has 0 spiro atoms. The highest BCUT2D eigenvalue weighted by Gasteiger charge is 2.45. The van der Waals surface area contributed by atoms with Crippen molar-refractivity contribution in [3.8, 4) is 0 Å². The second kappa shape index (κ2) is 5.88. The Morgan fingerprint density at radius 1 is 1.48 bits per heavy atom. The van der Waals surface area contributed by atoms with Gasteiger partial charge in [0.1, 0.15) is 0 Å². The van der Waals surface area contributed by atoms with Crippen LogP contribution in [0.1, 0.15) is 37.8 Å². The van der Waals surface area contributed by atoms with Crippen molar-refractivity contribution in [2.24, 2.45) is 5.73 Å². The van der Waals surface area contributed by atoms with E-state index >= 15 is 0 Å². The van der Waals surface area contributed by atoms with Gasteiger partial charge in [-0.2, -0.15) is 0 Å². The minimum atomic E-state index is 0.102. The molecule has 2 unspecified atom stereocenters. The van der Waals surface area contributed by atoms with E-state index in [4.69, 9.17) is 17.3 Å². The van der Waals surface area contributed by atoms with Gasteiger partial charge in [-0.25, -0.2) is 0 Å². The van der Waals surface area contributed by atoms with E-state index in [0.29, 0.717) is 6.04 Å². The predicted octanol–water partition coefficient (Wildman–Crippen LogP) is 2.90. The average Bonchev–Trinajstić information content (AvgIpc) is 3.25. The van der Waals surface area contributed by atoms with E-state index in [9.17, 15) is 0 Å². The molecule has 1 saturated carbocycles. The maximum Gasteiger partial charge on any atom is 0.0473 e. The number of hydrogen-bond donors (Lipinski definition) is 1. The summed E-state index contributed by atoms with van der Waals surface area (Å²) in [5.41, 5.74) is 7.57. The quantitative estimate of drug-likeness (QED) is 0.908. The van der Waals surface area contributed by atoms with Gasteiger partial charge in [-0.05, 0) is 50.9 Å². The van der Waals surface area contributed by atoms with Gasteiger partial charge < -0.3 is 5.73 Å². The van der Waals surface area contributed by atoms with Gasteiger partial charge in [0.2, 0.25) is 0 Å². The van der Waals surface area contributed by atoms with Crippen LogP contribution >= 0.6 is 11.6 Å². The van der Waals surface area contributed by atoms with Crippen LogP contribution in [0, 0.1) is 0 Å². The number of nitrogens with two attached hydrogens (primary N) is 1. The predicted molar refractivity (Wildman–Crippen MR) is 88.6 cm³/mol. The fraction of sp³-hybridized carbons (Fsp3) is 0.647. The molecule has 1 aromatic carbocycles. The maximum atomic E-state index is 6.20. The molecule has 0 aromatic heterocycles. The molecule has 3 rings (SSSR count). The van der Waals surface area contributed by atoms with Gasteiger partial charge in [0.25, 0.3) is 0 Å². The third kappa shape index (κ3) is 2.98. The van der Waals surface area contributed by atoms with Crippen LogP contribution in [0.25, 0.3) is 0 Å². The van der Waals surface area contributed by atoms with E-state index in [1.807, 2.05) is 12.1 Å². The van der Waals surface area contributed by atoms with Crippen LogP contribution in [-0.4, -0.2) is 48.1 Å². The molecule has 0 radical (unpaired) electrons. The van der Waals surface area contributed by atoms with Crippen molar-refractivity contribution in [1.29, 1.82) is 0 Å². The highest BCUT2D eigenvalue weighted by molar-refractivity contribution is 6.30. The summed E-state index contributed by atoms with van der Waals surface area (Å²) in [5.74, 6) is 0. The van der Waals surface area contributed by atoms with Crippen LogP contribution in [0.5, 0.6) is 0 Å². The largest absolute Gasteiger partial charge is 0.329 e. The fourth-order valence-corrected chi connectivity index (χ4v) is 3.84. The monoisotopic (exact) mass is 307 g/mol. The topological polar surface area (TPSA) is 32.5 Å². The number of nitrogens with zero attached hydrogens (tertiary/aromatic N) is 2. The molecule has 2 atom stereocenters. The first kappa shape index (κ1) is 15.3. The summed E-state index contributed by atoms with van der Waals surface area (Å²) in [6.45, 7) is 5.27. The van der Waals surface area contributed by atoms with Crippen LogP contribution in [0.3, 0.4) is 0 Å². The van der Waals surface area contributed by atoms with Gasteiger partial charge in [0, 0.05) is 42.3 Å². The Kier molecular flexibility index (Phi) is 4.28. The number of benzene rings is 1. The Morgan fingerprint density at radius 3 is 2.86 bits per heavy atom. The summed E-state index contributed by atoms with van der Waals surface area (Å²) >= 11 is 6.14. The summed E-state index contributed by atoms with van der Waals surface area (Å²) in [5, 5.41) is 0.806. The van der Waals surface area contributed by atoms with Crippen molar-refractivity contribution < 1.29 is 0 Å². The first-order chi connectivity index (χ1) is 10.1. The summed E-state index contributed by atoms with van der Waals surface area (Å²) in [6.07, 6.45) is 3.91. The number of rotatable bonds is 5. The molecule has 1 aliphatic carbocycles. The molecule has 2 aliphatic rings. The molecule has 1 aliphatic heterocycles. The molecule has 2 fully saturated rings. The Balaban J connectivity index is 1.77.